The Hall–Kier alpha value is -0.630. The molecule has 6 nitrogen and oxygen atoms in total. The maximum Gasteiger partial charge on any atom is 0.261 e. The fraction of sp³-hybridized carbons (Fsp3) is 0.571. The van der Waals surface area contributed by atoms with E-state index in [9.17, 15) is 8.42 Å². The van der Waals surface area contributed by atoms with E-state index in [0.717, 1.165) is 0 Å². The van der Waals surface area contributed by atoms with E-state index >= 15 is 0 Å². The van der Waals surface area contributed by atoms with Crippen LogP contribution in [0.5, 0.6) is 0 Å². The van der Waals surface area contributed by atoms with Gasteiger partial charge in [-0.25, -0.2) is 8.42 Å². The lowest BCUT2D eigenvalue weighted by Crippen LogP contribution is -2.57. The van der Waals surface area contributed by atoms with Crippen molar-refractivity contribution in [3.63, 3.8) is 0 Å². The molecule has 0 atom stereocenters. The lowest BCUT2D eigenvalue weighted by atomic mass is 10.2. The van der Waals surface area contributed by atoms with Crippen molar-refractivity contribution < 1.29 is 8.42 Å². The number of aromatic nitrogens is 2. The first kappa shape index (κ1) is 10.9. The zero-order chi connectivity index (χ0) is 11.2. The van der Waals surface area contributed by atoms with Gasteiger partial charge in [0.15, 0.2) is 5.03 Å². The van der Waals surface area contributed by atoms with E-state index in [-0.39, 0.29) is 16.1 Å². The Bertz CT molecular complexity index is 458. The molecule has 0 unspecified atom stereocenters. The molecule has 1 aliphatic heterocycles. The van der Waals surface area contributed by atoms with Crippen LogP contribution in [-0.4, -0.2) is 41.6 Å². The van der Waals surface area contributed by atoms with Crippen LogP contribution < -0.4 is 5.73 Å². The second-order valence-electron chi connectivity index (χ2n) is 3.50. The topological polar surface area (TPSA) is 81.2 Å². The molecule has 0 saturated carbocycles. The lowest BCUT2D eigenvalue weighted by molar-refractivity contribution is 0.264. The highest BCUT2D eigenvalue weighted by Gasteiger charge is 2.37. The third-order valence-electron chi connectivity index (χ3n) is 2.30. The Balaban J connectivity index is 2.38. The van der Waals surface area contributed by atoms with Gasteiger partial charge in [-0.05, 0) is 0 Å². The minimum atomic E-state index is -3.53. The number of halogens is 1. The third-order valence-corrected chi connectivity index (χ3v) is 4.64. The second kappa shape index (κ2) is 3.44. The summed E-state index contributed by atoms with van der Waals surface area (Å²) >= 11 is 5.77. The number of hydrogen-bond acceptors (Lipinski definition) is 4. The van der Waals surface area contributed by atoms with E-state index in [2.05, 4.69) is 5.10 Å². The summed E-state index contributed by atoms with van der Waals surface area (Å²) in [6, 6.07) is -0.0771. The molecule has 1 fully saturated rings. The van der Waals surface area contributed by atoms with E-state index < -0.39 is 10.0 Å². The Morgan fingerprint density at radius 1 is 1.60 bits per heavy atom. The highest BCUT2D eigenvalue weighted by atomic mass is 35.5. The zero-order valence-corrected chi connectivity index (χ0v) is 9.66. The van der Waals surface area contributed by atoms with Gasteiger partial charge in [-0.15, -0.1) is 0 Å². The van der Waals surface area contributed by atoms with Crippen molar-refractivity contribution >= 4 is 21.6 Å². The predicted octanol–water partition coefficient (Wildman–Crippen LogP) is -0.595. The normalized spacial score (nSPS) is 19.1. The molecule has 0 aliphatic carbocycles. The highest BCUT2D eigenvalue weighted by Crippen LogP contribution is 2.26. The van der Waals surface area contributed by atoms with Crippen LogP contribution in [0.4, 0.5) is 0 Å². The maximum atomic E-state index is 12.0. The van der Waals surface area contributed by atoms with Crippen LogP contribution in [0.25, 0.3) is 0 Å². The van der Waals surface area contributed by atoms with Crippen LogP contribution in [-0.2, 0) is 17.1 Å². The molecule has 0 bridgehead atoms. The molecule has 1 aromatic rings. The standard InChI is InChI=1S/C7H11ClN4O2S/c1-11-7(6(8)2-10-11)15(13,14)12-3-5(9)4-12/h2,5H,3-4,9H2,1H3. The molecule has 0 radical (unpaired) electrons. The van der Waals surface area contributed by atoms with E-state index in [0.29, 0.717) is 13.1 Å². The molecular weight excluding hydrogens is 240 g/mol. The molecule has 1 saturated heterocycles. The van der Waals surface area contributed by atoms with Gasteiger partial charge < -0.3 is 5.73 Å². The maximum absolute atomic E-state index is 12.0. The molecule has 1 aromatic heterocycles. The minimum Gasteiger partial charge on any atom is -0.325 e. The smallest absolute Gasteiger partial charge is 0.261 e. The van der Waals surface area contributed by atoms with Crippen molar-refractivity contribution in [3.05, 3.63) is 11.2 Å². The number of aryl methyl sites for hydroxylation is 1. The second-order valence-corrected chi connectivity index (χ2v) is 5.76. The molecule has 0 amide bonds. The molecule has 0 aromatic carbocycles. The van der Waals surface area contributed by atoms with Crippen LogP contribution in [0.2, 0.25) is 5.02 Å². The van der Waals surface area contributed by atoms with Gasteiger partial charge in [0.2, 0.25) is 0 Å². The van der Waals surface area contributed by atoms with Crippen LogP contribution in [0.15, 0.2) is 11.2 Å². The fourth-order valence-electron chi connectivity index (χ4n) is 1.48. The third kappa shape index (κ3) is 1.65. The van der Waals surface area contributed by atoms with E-state index in [1.54, 1.807) is 7.05 Å². The number of hydrogen-bond donors (Lipinski definition) is 1. The van der Waals surface area contributed by atoms with Gasteiger partial charge in [-0.3, -0.25) is 4.68 Å². The Morgan fingerprint density at radius 3 is 2.60 bits per heavy atom. The van der Waals surface area contributed by atoms with E-state index in [1.165, 1.54) is 15.2 Å². The van der Waals surface area contributed by atoms with Crippen LogP contribution in [0, 0.1) is 0 Å². The summed E-state index contributed by atoms with van der Waals surface area (Å²) in [6.07, 6.45) is 1.31. The Kier molecular flexibility index (Phi) is 2.50. The molecule has 2 N–H and O–H groups in total. The van der Waals surface area contributed by atoms with Crippen molar-refractivity contribution in [1.29, 1.82) is 0 Å². The van der Waals surface area contributed by atoms with Crippen molar-refractivity contribution in [2.45, 2.75) is 11.1 Å². The summed E-state index contributed by atoms with van der Waals surface area (Å²) in [7, 11) is -1.99. The number of rotatable bonds is 2. The predicted molar refractivity (Wildman–Crippen MR) is 55.0 cm³/mol. The van der Waals surface area contributed by atoms with Gasteiger partial charge >= 0.3 is 0 Å². The Morgan fingerprint density at radius 2 is 2.20 bits per heavy atom. The van der Waals surface area contributed by atoms with Crippen molar-refractivity contribution in [1.82, 2.24) is 14.1 Å². The van der Waals surface area contributed by atoms with Crippen LogP contribution in [0.1, 0.15) is 0 Å². The van der Waals surface area contributed by atoms with Gasteiger partial charge in [0, 0.05) is 26.2 Å². The van der Waals surface area contributed by atoms with E-state index in [4.69, 9.17) is 17.3 Å². The number of nitrogens with two attached hydrogens (primary N) is 1. The number of sulfonamides is 1. The summed E-state index contributed by atoms with van der Waals surface area (Å²) in [5, 5.41) is 3.95. The highest BCUT2D eigenvalue weighted by molar-refractivity contribution is 7.89. The van der Waals surface area contributed by atoms with Gasteiger partial charge in [-0.1, -0.05) is 11.6 Å². The average molecular weight is 251 g/mol. The summed E-state index contributed by atoms with van der Waals surface area (Å²) in [5.74, 6) is 0. The summed E-state index contributed by atoms with van der Waals surface area (Å²) in [4.78, 5) is 0. The zero-order valence-electron chi connectivity index (χ0n) is 8.09. The molecule has 8 heteroatoms. The largest absolute Gasteiger partial charge is 0.325 e. The van der Waals surface area contributed by atoms with Gasteiger partial charge in [0.25, 0.3) is 10.0 Å². The molecule has 0 spiro atoms. The molecule has 1 aliphatic rings. The van der Waals surface area contributed by atoms with Gasteiger partial charge in [-0.2, -0.15) is 9.40 Å². The molecule has 2 rings (SSSR count). The van der Waals surface area contributed by atoms with Crippen molar-refractivity contribution in [3.8, 4) is 0 Å². The quantitative estimate of drug-likeness (QED) is 0.760. The lowest BCUT2D eigenvalue weighted by Gasteiger charge is -2.35. The van der Waals surface area contributed by atoms with Crippen LogP contribution >= 0.6 is 11.6 Å². The van der Waals surface area contributed by atoms with Gasteiger partial charge in [0.1, 0.15) is 0 Å². The number of nitrogens with zero attached hydrogens (tertiary/aromatic N) is 3. The Labute approximate surface area is 92.7 Å². The summed E-state index contributed by atoms with van der Waals surface area (Å²) in [5.41, 5.74) is 5.53. The first-order valence-corrected chi connectivity index (χ1v) is 6.18. The summed E-state index contributed by atoms with van der Waals surface area (Å²) < 4.78 is 26.5. The SMILES string of the molecule is Cn1ncc(Cl)c1S(=O)(=O)N1CC(N)C1. The molecular formula is C7H11ClN4O2S. The fourth-order valence-corrected chi connectivity index (χ4v) is 3.64. The first-order valence-electron chi connectivity index (χ1n) is 4.36. The van der Waals surface area contributed by atoms with Crippen molar-refractivity contribution in [2.75, 3.05) is 13.1 Å². The molecule has 84 valence electrons. The molecule has 2 heterocycles. The van der Waals surface area contributed by atoms with Crippen LogP contribution in [0.3, 0.4) is 0 Å². The monoisotopic (exact) mass is 250 g/mol. The first-order chi connectivity index (χ1) is 6.93. The van der Waals surface area contributed by atoms with E-state index in [1.807, 2.05) is 0 Å². The summed E-state index contributed by atoms with van der Waals surface area (Å²) in [6.45, 7) is 0.674. The van der Waals surface area contributed by atoms with Gasteiger partial charge in [0.05, 0.1) is 11.2 Å². The average Bonchev–Trinajstić information content (AvgIpc) is 2.41. The van der Waals surface area contributed by atoms with Crippen molar-refractivity contribution in [2.24, 2.45) is 12.8 Å². The minimum absolute atomic E-state index is 0.0241. The molecule has 15 heavy (non-hydrogen) atoms.